The maximum Gasteiger partial charge on any atom is 0.191 e. The molecule has 0 aliphatic rings. The summed E-state index contributed by atoms with van der Waals surface area (Å²) in [5.41, 5.74) is 1.16. The number of para-hydroxylation sites is 1. The van der Waals surface area contributed by atoms with Gasteiger partial charge in [0.1, 0.15) is 0 Å². The first-order valence-corrected chi connectivity index (χ1v) is 9.57. The van der Waals surface area contributed by atoms with Crippen molar-refractivity contribution in [1.82, 2.24) is 10.6 Å². The zero-order valence-electron chi connectivity index (χ0n) is 16.5. The molecule has 6 heteroatoms. The molecule has 0 saturated carbocycles. The van der Waals surface area contributed by atoms with E-state index >= 15 is 0 Å². The van der Waals surface area contributed by atoms with Crippen LogP contribution in [0.4, 0.5) is 5.69 Å². The minimum absolute atomic E-state index is 0. The van der Waals surface area contributed by atoms with E-state index in [1.807, 2.05) is 18.2 Å². The maximum absolute atomic E-state index is 9.23. The molecule has 1 rings (SSSR count). The molecule has 0 radical (unpaired) electrons. The first-order valence-electron chi connectivity index (χ1n) is 9.57. The second-order valence-electron chi connectivity index (χ2n) is 6.80. The average Bonchev–Trinajstić information content (AvgIpc) is 2.59. The van der Waals surface area contributed by atoms with E-state index in [0.29, 0.717) is 11.8 Å². The van der Waals surface area contributed by atoms with Crippen LogP contribution in [-0.4, -0.2) is 43.9 Å². The van der Waals surface area contributed by atoms with Gasteiger partial charge in [-0.25, -0.2) is 0 Å². The van der Waals surface area contributed by atoms with Crippen molar-refractivity contribution in [2.24, 2.45) is 16.8 Å². The van der Waals surface area contributed by atoms with Crippen molar-refractivity contribution in [1.29, 1.82) is 0 Å². The van der Waals surface area contributed by atoms with Crippen molar-refractivity contribution in [2.45, 2.75) is 40.0 Å². The Morgan fingerprint density at radius 2 is 1.85 bits per heavy atom. The zero-order chi connectivity index (χ0) is 18.3. The third kappa shape index (κ3) is 12.4. The molecule has 1 aromatic carbocycles. The largest absolute Gasteiger partial charge is 0.396 e. The molecule has 0 amide bonds. The minimum atomic E-state index is 0. The van der Waals surface area contributed by atoms with Crippen molar-refractivity contribution in [3.63, 3.8) is 0 Å². The summed E-state index contributed by atoms with van der Waals surface area (Å²) in [5, 5.41) is 19.3. The summed E-state index contributed by atoms with van der Waals surface area (Å²) in [7, 11) is 0. The molecular weight excluding hydrogens is 439 g/mol. The van der Waals surface area contributed by atoms with Gasteiger partial charge in [0.2, 0.25) is 0 Å². The normalized spacial score (nSPS) is 12.4. The number of rotatable bonds is 12. The zero-order valence-corrected chi connectivity index (χ0v) is 18.8. The summed E-state index contributed by atoms with van der Waals surface area (Å²) in [5.74, 6) is 1.94. The Morgan fingerprint density at radius 1 is 1.12 bits per heavy atom. The minimum Gasteiger partial charge on any atom is -0.396 e. The Morgan fingerprint density at radius 3 is 2.46 bits per heavy atom. The smallest absolute Gasteiger partial charge is 0.191 e. The highest BCUT2D eigenvalue weighted by Crippen LogP contribution is 2.15. The number of nitrogens with zero attached hydrogens (tertiary/aromatic N) is 1. The lowest BCUT2D eigenvalue weighted by Gasteiger charge is -2.17. The number of guanidine groups is 1. The molecule has 1 unspecified atom stereocenters. The number of aliphatic hydroxyl groups is 1. The molecule has 0 aliphatic carbocycles. The van der Waals surface area contributed by atoms with Crippen molar-refractivity contribution >= 4 is 35.6 Å². The molecule has 0 bridgehead atoms. The summed E-state index contributed by atoms with van der Waals surface area (Å²) in [6, 6.07) is 10.3. The van der Waals surface area contributed by atoms with Gasteiger partial charge >= 0.3 is 0 Å². The number of halogens is 1. The lowest BCUT2D eigenvalue weighted by atomic mass is 9.94. The third-order valence-corrected chi connectivity index (χ3v) is 3.94. The first-order chi connectivity index (χ1) is 12.2. The third-order valence-electron chi connectivity index (χ3n) is 3.94. The van der Waals surface area contributed by atoms with E-state index in [2.05, 4.69) is 48.9 Å². The average molecular weight is 476 g/mol. The van der Waals surface area contributed by atoms with Crippen LogP contribution in [0.25, 0.3) is 0 Å². The van der Waals surface area contributed by atoms with Gasteiger partial charge in [-0.3, -0.25) is 4.99 Å². The molecule has 0 heterocycles. The van der Waals surface area contributed by atoms with E-state index in [1.165, 1.54) is 0 Å². The van der Waals surface area contributed by atoms with Crippen LogP contribution in [0, 0.1) is 11.8 Å². The Hall–Kier alpha value is -1.02. The van der Waals surface area contributed by atoms with Gasteiger partial charge in [0.05, 0.1) is 0 Å². The van der Waals surface area contributed by atoms with E-state index in [-0.39, 0.29) is 30.6 Å². The summed E-state index contributed by atoms with van der Waals surface area (Å²) >= 11 is 0. The predicted molar refractivity (Wildman–Crippen MR) is 124 cm³/mol. The molecule has 26 heavy (non-hydrogen) atoms. The highest BCUT2D eigenvalue weighted by molar-refractivity contribution is 14.0. The molecule has 0 fully saturated rings. The van der Waals surface area contributed by atoms with E-state index in [0.717, 1.165) is 57.1 Å². The summed E-state index contributed by atoms with van der Waals surface area (Å²) < 4.78 is 0. The van der Waals surface area contributed by atoms with Gasteiger partial charge < -0.3 is 21.1 Å². The highest BCUT2D eigenvalue weighted by atomic mass is 127. The molecule has 1 aromatic rings. The van der Waals surface area contributed by atoms with Crippen molar-refractivity contribution in [2.75, 3.05) is 38.1 Å². The fourth-order valence-corrected chi connectivity index (χ4v) is 2.78. The summed E-state index contributed by atoms with van der Waals surface area (Å²) in [6.07, 6.45) is 2.94. The standard InChI is InChI=1S/C20H36N4O.HI/c1-4-21-20(24-16-18(11-14-25)15-17(2)3)23-13-8-12-22-19-9-6-5-7-10-19;/h5-7,9-10,17-18,22,25H,4,8,11-16H2,1-3H3,(H2,21,23,24);1H. The number of hydrogen-bond donors (Lipinski definition) is 4. The number of anilines is 1. The van der Waals surface area contributed by atoms with Crippen LogP contribution < -0.4 is 16.0 Å². The van der Waals surface area contributed by atoms with Gasteiger partial charge in [-0.15, -0.1) is 24.0 Å². The summed E-state index contributed by atoms with van der Waals surface area (Å²) in [6.45, 7) is 10.2. The molecule has 0 aromatic heterocycles. The lowest BCUT2D eigenvalue weighted by molar-refractivity contribution is 0.245. The quantitative estimate of drug-likeness (QED) is 0.161. The molecule has 1 atom stereocenters. The molecule has 150 valence electrons. The van der Waals surface area contributed by atoms with Crippen LogP contribution in [0.5, 0.6) is 0 Å². The molecule has 5 nitrogen and oxygen atoms in total. The number of aliphatic hydroxyl groups excluding tert-OH is 1. The van der Waals surface area contributed by atoms with Crippen LogP contribution in [0.3, 0.4) is 0 Å². The fraction of sp³-hybridized carbons (Fsp3) is 0.650. The van der Waals surface area contributed by atoms with Gasteiger partial charge in [0, 0.05) is 38.5 Å². The van der Waals surface area contributed by atoms with Crippen molar-refractivity contribution in [3.8, 4) is 0 Å². The molecule has 0 aliphatic heterocycles. The molecule has 4 N–H and O–H groups in total. The van der Waals surface area contributed by atoms with Crippen LogP contribution in [-0.2, 0) is 0 Å². The van der Waals surface area contributed by atoms with E-state index in [1.54, 1.807) is 0 Å². The fourth-order valence-electron chi connectivity index (χ4n) is 2.78. The molecule has 0 saturated heterocycles. The first kappa shape index (κ1) is 25.0. The van der Waals surface area contributed by atoms with Crippen molar-refractivity contribution in [3.05, 3.63) is 30.3 Å². The van der Waals surface area contributed by atoms with E-state index in [4.69, 9.17) is 4.99 Å². The van der Waals surface area contributed by atoms with Crippen LogP contribution in [0.1, 0.15) is 40.0 Å². The SMILES string of the molecule is CCNC(=NCC(CCO)CC(C)C)NCCCNc1ccccc1.I. The van der Waals surface area contributed by atoms with Crippen molar-refractivity contribution < 1.29 is 5.11 Å². The van der Waals surface area contributed by atoms with Gasteiger partial charge in [-0.2, -0.15) is 0 Å². The van der Waals surface area contributed by atoms with Gasteiger partial charge in [0.15, 0.2) is 5.96 Å². The Labute approximate surface area is 176 Å². The predicted octanol–water partition coefficient (Wildman–Crippen LogP) is 3.71. The van der Waals surface area contributed by atoms with Gasteiger partial charge in [0.25, 0.3) is 0 Å². The van der Waals surface area contributed by atoms with Crippen LogP contribution in [0.15, 0.2) is 35.3 Å². The number of hydrogen-bond acceptors (Lipinski definition) is 3. The number of nitrogens with one attached hydrogen (secondary N) is 3. The Kier molecular flexibility index (Phi) is 15.5. The lowest BCUT2D eigenvalue weighted by Crippen LogP contribution is -2.38. The second-order valence-corrected chi connectivity index (χ2v) is 6.80. The topological polar surface area (TPSA) is 68.7 Å². The Bertz CT molecular complexity index is 468. The monoisotopic (exact) mass is 476 g/mol. The molecular formula is C20H37IN4O. The summed E-state index contributed by atoms with van der Waals surface area (Å²) in [4.78, 5) is 4.70. The van der Waals surface area contributed by atoms with Gasteiger partial charge in [-0.05, 0) is 50.2 Å². The van der Waals surface area contributed by atoms with Crippen LogP contribution >= 0.6 is 24.0 Å². The number of benzene rings is 1. The second kappa shape index (κ2) is 16.2. The van der Waals surface area contributed by atoms with E-state index in [9.17, 15) is 5.11 Å². The maximum atomic E-state index is 9.23. The van der Waals surface area contributed by atoms with Gasteiger partial charge in [-0.1, -0.05) is 32.0 Å². The molecule has 0 spiro atoms. The Balaban J connectivity index is 0.00000625. The van der Waals surface area contributed by atoms with E-state index < -0.39 is 0 Å². The highest BCUT2D eigenvalue weighted by Gasteiger charge is 2.10. The number of aliphatic imine (C=N–C) groups is 1. The van der Waals surface area contributed by atoms with Crippen LogP contribution in [0.2, 0.25) is 0 Å².